The highest BCUT2D eigenvalue weighted by Crippen LogP contribution is 2.09. The number of carbonyl (C=O) groups excluding carboxylic acids is 1. The van der Waals surface area contributed by atoms with Crippen LogP contribution in [0.15, 0.2) is 18.2 Å². The van der Waals surface area contributed by atoms with Gasteiger partial charge in [0.15, 0.2) is 6.29 Å². The van der Waals surface area contributed by atoms with Crippen LogP contribution in [0.3, 0.4) is 0 Å². The number of benzene rings is 1. The minimum absolute atomic E-state index is 0.0923. The fourth-order valence-corrected chi connectivity index (χ4v) is 1.55. The van der Waals surface area contributed by atoms with Gasteiger partial charge >= 0.3 is 0 Å². The summed E-state index contributed by atoms with van der Waals surface area (Å²) >= 11 is 0. The number of amides is 1. The largest absolute Gasteiger partial charge is 0.354 e. The zero-order chi connectivity index (χ0) is 13.7. The maximum Gasteiger partial charge on any atom is 0.251 e. The molecule has 0 heterocycles. The molecule has 1 rings (SSSR count). The molecular formula is C12H15F2NO3. The van der Waals surface area contributed by atoms with E-state index in [2.05, 4.69) is 5.32 Å². The first-order chi connectivity index (χ1) is 8.47. The van der Waals surface area contributed by atoms with Gasteiger partial charge in [-0.3, -0.25) is 4.79 Å². The zero-order valence-corrected chi connectivity index (χ0v) is 10.4. The summed E-state index contributed by atoms with van der Waals surface area (Å²) in [5, 5.41) is 2.53. The summed E-state index contributed by atoms with van der Waals surface area (Å²) in [6.45, 7) is 1.66. The van der Waals surface area contributed by atoms with Gasteiger partial charge in [-0.15, -0.1) is 0 Å². The van der Waals surface area contributed by atoms with Crippen LogP contribution in [-0.4, -0.2) is 32.5 Å². The van der Waals surface area contributed by atoms with Crippen LogP contribution >= 0.6 is 0 Å². The molecule has 1 aromatic carbocycles. The summed E-state index contributed by atoms with van der Waals surface area (Å²) in [4.78, 5) is 11.7. The summed E-state index contributed by atoms with van der Waals surface area (Å²) in [6, 6.07) is 2.16. The lowest BCUT2D eigenvalue weighted by molar-refractivity contribution is -0.117. The minimum atomic E-state index is -0.803. The van der Waals surface area contributed by atoms with Gasteiger partial charge in [0.1, 0.15) is 11.6 Å². The molecule has 1 atom stereocenters. The van der Waals surface area contributed by atoms with Crippen molar-refractivity contribution in [1.82, 2.24) is 5.32 Å². The van der Waals surface area contributed by atoms with Crippen LogP contribution in [-0.2, 0) is 9.47 Å². The number of methoxy groups -OCH3 is 2. The number of nitrogens with one attached hydrogen (secondary N) is 1. The van der Waals surface area contributed by atoms with E-state index in [0.717, 1.165) is 12.1 Å². The van der Waals surface area contributed by atoms with Gasteiger partial charge in [0.05, 0.1) is 6.04 Å². The number of carbonyl (C=O) groups is 1. The van der Waals surface area contributed by atoms with Crippen LogP contribution < -0.4 is 5.32 Å². The van der Waals surface area contributed by atoms with E-state index in [1.807, 2.05) is 0 Å². The van der Waals surface area contributed by atoms with Crippen LogP contribution in [0, 0.1) is 11.6 Å². The Morgan fingerprint density at radius 3 is 2.11 bits per heavy atom. The van der Waals surface area contributed by atoms with E-state index < -0.39 is 29.9 Å². The maximum absolute atomic E-state index is 12.9. The monoisotopic (exact) mass is 259 g/mol. The van der Waals surface area contributed by atoms with Crippen LogP contribution in [0.4, 0.5) is 8.78 Å². The second kappa shape index (κ2) is 6.42. The number of hydrogen-bond donors (Lipinski definition) is 1. The van der Waals surface area contributed by atoms with Crippen LogP contribution in [0.25, 0.3) is 0 Å². The summed E-state index contributed by atoms with van der Waals surface area (Å²) in [7, 11) is 2.86. The number of hydrogen-bond acceptors (Lipinski definition) is 3. The van der Waals surface area contributed by atoms with Gasteiger partial charge in [-0.1, -0.05) is 0 Å². The van der Waals surface area contributed by atoms with Gasteiger partial charge in [-0.25, -0.2) is 8.78 Å². The van der Waals surface area contributed by atoms with Crippen molar-refractivity contribution in [2.24, 2.45) is 0 Å². The lowest BCUT2D eigenvalue weighted by Gasteiger charge is -2.22. The van der Waals surface area contributed by atoms with Crippen molar-refractivity contribution < 1.29 is 23.0 Å². The van der Waals surface area contributed by atoms with Crippen LogP contribution in [0.2, 0.25) is 0 Å². The molecular weight excluding hydrogens is 244 g/mol. The van der Waals surface area contributed by atoms with E-state index in [4.69, 9.17) is 9.47 Å². The van der Waals surface area contributed by atoms with Crippen molar-refractivity contribution in [2.75, 3.05) is 14.2 Å². The van der Waals surface area contributed by atoms with E-state index in [1.165, 1.54) is 14.2 Å². The quantitative estimate of drug-likeness (QED) is 0.819. The van der Waals surface area contributed by atoms with Crippen molar-refractivity contribution in [3.8, 4) is 0 Å². The Kier molecular flexibility index (Phi) is 5.18. The Labute approximate surface area is 104 Å². The fraction of sp³-hybridized carbons (Fsp3) is 0.417. The molecule has 0 fully saturated rings. The summed E-state index contributed by atoms with van der Waals surface area (Å²) in [5.74, 6) is -2.20. The van der Waals surface area contributed by atoms with Gasteiger partial charge in [-0.05, 0) is 19.1 Å². The fourth-order valence-electron chi connectivity index (χ4n) is 1.55. The molecule has 0 saturated heterocycles. The van der Waals surface area contributed by atoms with Crippen molar-refractivity contribution in [3.05, 3.63) is 35.4 Å². The third kappa shape index (κ3) is 3.75. The molecule has 0 aliphatic rings. The molecule has 0 aliphatic heterocycles. The minimum Gasteiger partial charge on any atom is -0.354 e. The van der Waals surface area contributed by atoms with Gasteiger partial charge < -0.3 is 14.8 Å². The Balaban J connectivity index is 2.76. The molecule has 1 unspecified atom stereocenters. The zero-order valence-electron chi connectivity index (χ0n) is 10.4. The van der Waals surface area contributed by atoms with E-state index in [9.17, 15) is 13.6 Å². The Morgan fingerprint density at radius 1 is 1.17 bits per heavy atom. The normalized spacial score (nSPS) is 12.6. The van der Waals surface area contributed by atoms with E-state index >= 15 is 0 Å². The molecule has 1 amide bonds. The molecule has 0 aromatic heterocycles. The first-order valence-electron chi connectivity index (χ1n) is 5.30. The molecule has 0 aliphatic carbocycles. The summed E-state index contributed by atoms with van der Waals surface area (Å²) in [6.07, 6.45) is -0.632. The van der Waals surface area contributed by atoms with Crippen molar-refractivity contribution in [3.63, 3.8) is 0 Å². The highest BCUT2D eigenvalue weighted by molar-refractivity contribution is 5.94. The van der Waals surface area contributed by atoms with Crippen LogP contribution in [0.5, 0.6) is 0 Å². The van der Waals surface area contributed by atoms with Crippen LogP contribution in [0.1, 0.15) is 17.3 Å². The van der Waals surface area contributed by atoms with Crippen molar-refractivity contribution >= 4 is 5.91 Å². The van der Waals surface area contributed by atoms with Crippen molar-refractivity contribution in [2.45, 2.75) is 19.3 Å². The third-order valence-corrected chi connectivity index (χ3v) is 2.36. The average molecular weight is 259 g/mol. The molecule has 0 bridgehead atoms. The Bertz CT molecular complexity index is 402. The summed E-state index contributed by atoms with van der Waals surface area (Å²) < 4.78 is 35.8. The first kappa shape index (κ1) is 14.5. The Hall–Kier alpha value is -1.53. The molecule has 4 nitrogen and oxygen atoms in total. The SMILES string of the molecule is COC(OC)C(C)NC(=O)c1cc(F)cc(F)c1. The van der Waals surface area contributed by atoms with E-state index in [-0.39, 0.29) is 5.56 Å². The predicted molar refractivity (Wildman–Crippen MR) is 61.1 cm³/mol. The topological polar surface area (TPSA) is 47.6 Å². The molecule has 100 valence electrons. The lowest BCUT2D eigenvalue weighted by Crippen LogP contribution is -2.43. The number of halogens is 2. The molecule has 1 aromatic rings. The third-order valence-electron chi connectivity index (χ3n) is 2.36. The molecule has 0 radical (unpaired) electrons. The smallest absolute Gasteiger partial charge is 0.251 e. The first-order valence-corrected chi connectivity index (χ1v) is 5.30. The van der Waals surface area contributed by atoms with Gasteiger partial charge in [0.2, 0.25) is 0 Å². The lowest BCUT2D eigenvalue weighted by atomic mass is 10.2. The second-order valence-electron chi connectivity index (χ2n) is 3.76. The molecule has 0 spiro atoms. The maximum atomic E-state index is 12.9. The predicted octanol–water partition coefficient (Wildman–Crippen LogP) is 1.70. The Morgan fingerprint density at radius 2 is 1.67 bits per heavy atom. The molecule has 6 heteroatoms. The average Bonchev–Trinajstić information content (AvgIpc) is 2.29. The second-order valence-corrected chi connectivity index (χ2v) is 3.76. The molecule has 0 saturated carbocycles. The molecule has 18 heavy (non-hydrogen) atoms. The highest BCUT2D eigenvalue weighted by atomic mass is 19.1. The van der Waals surface area contributed by atoms with E-state index in [1.54, 1.807) is 6.92 Å². The van der Waals surface area contributed by atoms with E-state index in [0.29, 0.717) is 6.07 Å². The number of ether oxygens (including phenoxy) is 2. The van der Waals surface area contributed by atoms with Crippen molar-refractivity contribution in [1.29, 1.82) is 0 Å². The van der Waals surface area contributed by atoms with Gasteiger partial charge in [0, 0.05) is 25.8 Å². The highest BCUT2D eigenvalue weighted by Gasteiger charge is 2.19. The van der Waals surface area contributed by atoms with Gasteiger partial charge in [0.25, 0.3) is 5.91 Å². The molecule has 1 N–H and O–H groups in total. The number of rotatable bonds is 5. The standard InChI is InChI=1S/C12H15F2NO3/c1-7(12(17-2)18-3)15-11(16)8-4-9(13)6-10(14)5-8/h4-7,12H,1-3H3,(H,15,16). The summed E-state index contributed by atoms with van der Waals surface area (Å²) in [5.41, 5.74) is -0.0923. The van der Waals surface area contributed by atoms with Gasteiger partial charge in [-0.2, -0.15) is 0 Å².